The fraction of sp³-hybridized carbons (Fsp3) is 0.320. The Kier molecular flexibility index (Phi) is 6.76. The molecule has 5 rings (SSSR count). The summed E-state index contributed by atoms with van der Waals surface area (Å²) in [6.45, 7) is 0.205. The van der Waals surface area contributed by atoms with Crippen LogP contribution in [0.5, 0.6) is 11.8 Å². The average Bonchev–Trinajstić information content (AvgIpc) is 3.67. The van der Waals surface area contributed by atoms with Crippen molar-refractivity contribution in [3.8, 4) is 34.5 Å². The molecule has 0 radical (unpaired) electrons. The predicted molar refractivity (Wildman–Crippen MR) is 131 cm³/mol. The van der Waals surface area contributed by atoms with E-state index in [1.54, 1.807) is 37.4 Å². The molecule has 1 aliphatic rings. The summed E-state index contributed by atoms with van der Waals surface area (Å²) in [6.07, 6.45) is 1.98. The van der Waals surface area contributed by atoms with Crippen LogP contribution in [0.2, 0.25) is 0 Å². The number of aryl methyl sites for hydroxylation is 1. The first-order chi connectivity index (χ1) is 17.8. The first kappa shape index (κ1) is 25.0. The van der Waals surface area contributed by atoms with Crippen LogP contribution in [0.3, 0.4) is 0 Å². The van der Waals surface area contributed by atoms with Crippen LogP contribution < -0.4 is 9.47 Å². The summed E-state index contributed by atoms with van der Waals surface area (Å²) in [5, 5.41) is 0.721. The van der Waals surface area contributed by atoms with Gasteiger partial charge in [0.05, 0.1) is 12.8 Å². The maximum Gasteiger partial charge on any atom is 0.434 e. The topological polar surface area (TPSA) is 87.8 Å². The molecule has 0 unspecified atom stereocenters. The van der Waals surface area contributed by atoms with E-state index >= 15 is 0 Å². The Balaban J connectivity index is 1.37. The zero-order valence-corrected chi connectivity index (χ0v) is 21.1. The fourth-order valence-electron chi connectivity index (χ4n) is 3.89. The van der Waals surface area contributed by atoms with Crippen LogP contribution in [0, 0.1) is 0 Å². The number of imidazole rings is 1. The number of nitrogens with zero attached hydrogens (tertiary/aromatic N) is 6. The minimum atomic E-state index is -4.49. The number of ether oxygens (including phenoxy) is 2. The highest BCUT2D eigenvalue weighted by atomic mass is 32.2. The molecule has 12 heteroatoms. The molecule has 3 aromatic heterocycles. The molecule has 0 N–H and O–H groups in total. The average molecular weight is 529 g/mol. The van der Waals surface area contributed by atoms with Crippen LogP contribution in [0.1, 0.15) is 35.7 Å². The van der Waals surface area contributed by atoms with E-state index in [-0.39, 0.29) is 12.4 Å². The van der Waals surface area contributed by atoms with Gasteiger partial charge in [-0.25, -0.2) is 19.9 Å². The molecule has 0 saturated heterocycles. The third-order valence-corrected chi connectivity index (χ3v) is 6.50. The van der Waals surface area contributed by atoms with Gasteiger partial charge in [0.15, 0.2) is 11.5 Å². The number of thioether (sulfide) groups is 1. The molecule has 37 heavy (non-hydrogen) atoms. The van der Waals surface area contributed by atoms with E-state index in [1.807, 2.05) is 6.26 Å². The molecule has 8 nitrogen and oxygen atoms in total. The summed E-state index contributed by atoms with van der Waals surface area (Å²) < 4.78 is 51.8. The minimum Gasteiger partial charge on any atom is -0.480 e. The van der Waals surface area contributed by atoms with Crippen LogP contribution in [0.25, 0.3) is 22.8 Å². The van der Waals surface area contributed by atoms with Gasteiger partial charge < -0.3 is 14.0 Å². The molecule has 0 bridgehead atoms. The van der Waals surface area contributed by atoms with E-state index in [9.17, 15) is 13.2 Å². The van der Waals surface area contributed by atoms with Crippen molar-refractivity contribution in [3.05, 3.63) is 59.8 Å². The molecule has 0 amide bonds. The van der Waals surface area contributed by atoms with E-state index in [4.69, 9.17) is 9.47 Å². The normalized spacial score (nSPS) is 13.6. The molecule has 1 fully saturated rings. The monoisotopic (exact) mass is 528 g/mol. The van der Waals surface area contributed by atoms with Gasteiger partial charge in [-0.2, -0.15) is 18.2 Å². The van der Waals surface area contributed by atoms with E-state index < -0.39 is 11.9 Å². The summed E-state index contributed by atoms with van der Waals surface area (Å²) in [5.41, 5.74) is 2.01. The third kappa shape index (κ3) is 5.38. The lowest BCUT2D eigenvalue weighted by Gasteiger charge is -2.13. The molecule has 1 aliphatic carbocycles. The second-order valence-electron chi connectivity index (χ2n) is 8.53. The molecule has 1 aromatic carbocycles. The van der Waals surface area contributed by atoms with Gasteiger partial charge in [0, 0.05) is 30.8 Å². The summed E-state index contributed by atoms with van der Waals surface area (Å²) in [4.78, 5) is 21.7. The maximum atomic E-state index is 13.0. The van der Waals surface area contributed by atoms with Crippen molar-refractivity contribution >= 4 is 11.8 Å². The molecule has 0 aliphatic heterocycles. The molecule has 0 spiro atoms. The van der Waals surface area contributed by atoms with Crippen LogP contribution in [0.4, 0.5) is 13.2 Å². The standard InChI is InChI=1S/C25H23F3N6O2S/c1-34-11-17(25(26,27)28)31-23(34)16-6-4-14(5-7-16)12-36-18-10-19(37-3)33-22(32-18)20-21(15-8-9-15)29-13-30-24(20)35-2/h4-7,10-11,13,15H,8-9,12H2,1-3H3. The van der Waals surface area contributed by atoms with Gasteiger partial charge in [-0.15, -0.1) is 11.8 Å². The van der Waals surface area contributed by atoms with Gasteiger partial charge in [-0.05, 0) is 24.7 Å². The molecule has 4 aromatic rings. The zero-order valence-electron chi connectivity index (χ0n) is 20.3. The van der Waals surface area contributed by atoms with Gasteiger partial charge in [0.2, 0.25) is 11.8 Å². The Hall–Kier alpha value is -3.67. The third-order valence-electron chi connectivity index (χ3n) is 5.88. The summed E-state index contributed by atoms with van der Waals surface area (Å²) in [7, 11) is 3.09. The predicted octanol–water partition coefficient (Wildman–Crippen LogP) is 5.54. The van der Waals surface area contributed by atoms with Gasteiger partial charge in [0.25, 0.3) is 0 Å². The Bertz CT molecular complexity index is 1420. The zero-order chi connectivity index (χ0) is 26.2. The minimum absolute atomic E-state index is 0.205. The summed E-state index contributed by atoms with van der Waals surface area (Å²) in [5.74, 6) is 1.80. The molecular weight excluding hydrogens is 505 g/mol. The second kappa shape index (κ2) is 10.0. The number of halogens is 3. The number of hydrogen-bond donors (Lipinski definition) is 0. The largest absolute Gasteiger partial charge is 0.480 e. The van der Waals surface area contributed by atoms with Gasteiger partial charge >= 0.3 is 6.18 Å². The van der Waals surface area contributed by atoms with Crippen molar-refractivity contribution in [3.63, 3.8) is 0 Å². The highest BCUT2D eigenvalue weighted by molar-refractivity contribution is 7.98. The van der Waals surface area contributed by atoms with Crippen LogP contribution in [-0.4, -0.2) is 42.9 Å². The molecular formula is C25H23F3N6O2S. The van der Waals surface area contributed by atoms with Crippen molar-refractivity contribution in [1.82, 2.24) is 29.5 Å². The number of methoxy groups -OCH3 is 1. The Labute approximate surface area is 215 Å². The second-order valence-corrected chi connectivity index (χ2v) is 9.36. The number of aromatic nitrogens is 6. The fourth-order valence-corrected chi connectivity index (χ4v) is 4.28. The van der Waals surface area contributed by atoms with Crippen LogP contribution in [0.15, 0.2) is 47.9 Å². The van der Waals surface area contributed by atoms with Crippen molar-refractivity contribution in [1.29, 1.82) is 0 Å². The Morgan fingerprint density at radius 3 is 2.46 bits per heavy atom. The van der Waals surface area contributed by atoms with Crippen molar-refractivity contribution in [2.24, 2.45) is 7.05 Å². The first-order valence-electron chi connectivity index (χ1n) is 11.4. The molecule has 0 atom stereocenters. The molecule has 3 heterocycles. The molecule has 1 saturated carbocycles. The summed E-state index contributed by atoms with van der Waals surface area (Å²) in [6, 6.07) is 8.76. The Morgan fingerprint density at radius 2 is 1.84 bits per heavy atom. The Morgan fingerprint density at radius 1 is 1.08 bits per heavy atom. The van der Waals surface area contributed by atoms with E-state index in [1.165, 1.54) is 29.7 Å². The van der Waals surface area contributed by atoms with Gasteiger partial charge in [-0.1, -0.05) is 24.3 Å². The number of alkyl halides is 3. The van der Waals surface area contributed by atoms with Gasteiger partial charge in [-0.3, -0.25) is 0 Å². The highest BCUT2D eigenvalue weighted by Crippen LogP contribution is 2.45. The van der Waals surface area contributed by atoms with Crippen LogP contribution >= 0.6 is 11.8 Å². The lowest BCUT2D eigenvalue weighted by atomic mass is 10.1. The van der Waals surface area contributed by atoms with Crippen molar-refractivity contribution < 1.29 is 22.6 Å². The lowest BCUT2D eigenvalue weighted by Crippen LogP contribution is -2.05. The highest BCUT2D eigenvalue weighted by Gasteiger charge is 2.34. The first-order valence-corrected chi connectivity index (χ1v) is 12.6. The van der Waals surface area contributed by atoms with Crippen molar-refractivity contribution in [2.45, 2.75) is 36.6 Å². The molecule has 192 valence electrons. The van der Waals surface area contributed by atoms with Crippen molar-refractivity contribution in [2.75, 3.05) is 13.4 Å². The van der Waals surface area contributed by atoms with Crippen LogP contribution in [-0.2, 0) is 19.8 Å². The number of rotatable bonds is 8. The quantitative estimate of drug-likeness (QED) is 0.218. The number of hydrogen-bond acceptors (Lipinski definition) is 8. The maximum absolute atomic E-state index is 13.0. The van der Waals surface area contributed by atoms with Gasteiger partial charge in [0.1, 0.15) is 29.3 Å². The number of benzene rings is 1. The van der Waals surface area contributed by atoms with E-state index in [0.717, 1.165) is 35.3 Å². The van der Waals surface area contributed by atoms with E-state index in [2.05, 4.69) is 24.9 Å². The lowest BCUT2D eigenvalue weighted by molar-refractivity contribution is -0.140. The van der Waals surface area contributed by atoms with E-state index in [0.29, 0.717) is 34.6 Å². The smallest absolute Gasteiger partial charge is 0.434 e. The summed E-state index contributed by atoms with van der Waals surface area (Å²) >= 11 is 1.46. The SMILES string of the molecule is COc1ncnc(C2CC2)c1-c1nc(OCc2ccc(-c3nc(C(F)(F)F)cn3C)cc2)cc(SC)n1.